The molecule has 0 bridgehead atoms. The molecule has 0 radical (unpaired) electrons. The molecule has 0 atom stereocenters. The summed E-state index contributed by atoms with van der Waals surface area (Å²) in [5.74, 6) is -0.0666. The van der Waals surface area contributed by atoms with Crippen LogP contribution in [0.5, 0.6) is 0 Å². The fraction of sp³-hybridized carbons (Fsp3) is 0.476. The largest absolute Gasteiger partial charge is 0.462 e. The second kappa shape index (κ2) is 9.01. The first kappa shape index (κ1) is 20.1. The normalized spacial score (nSPS) is 11.6. The zero-order valence-electron chi connectivity index (χ0n) is 16.9. The molecule has 3 aromatic rings. The highest BCUT2D eigenvalue weighted by Gasteiger charge is 2.24. The first-order valence-electron chi connectivity index (χ1n) is 10.0. The van der Waals surface area contributed by atoms with Gasteiger partial charge in [0.05, 0.1) is 17.6 Å². The van der Waals surface area contributed by atoms with Crippen molar-refractivity contribution >= 4 is 34.0 Å². The van der Waals surface area contributed by atoms with Crippen LogP contribution in [0.15, 0.2) is 24.3 Å². The van der Waals surface area contributed by atoms with E-state index in [1.165, 1.54) is 0 Å². The van der Waals surface area contributed by atoms with Gasteiger partial charge in [-0.05, 0) is 51.5 Å². The van der Waals surface area contributed by atoms with E-state index in [2.05, 4.69) is 23.7 Å². The lowest BCUT2D eigenvalue weighted by molar-refractivity contribution is 0.0529. The first-order chi connectivity index (χ1) is 13.6. The summed E-state index contributed by atoms with van der Waals surface area (Å²) in [5, 5.41) is 0. The van der Waals surface area contributed by atoms with E-state index in [1.54, 1.807) is 6.92 Å². The maximum atomic E-state index is 12.5. The predicted octanol–water partition coefficient (Wildman–Crippen LogP) is 3.47. The van der Waals surface area contributed by atoms with Crippen LogP contribution in [0.2, 0.25) is 0 Å². The Bertz CT molecular complexity index is 962. The van der Waals surface area contributed by atoms with Crippen LogP contribution >= 0.6 is 0 Å². The van der Waals surface area contributed by atoms with E-state index in [0.717, 1.165) is 43.5 Å². The summed E-state index contributed by atoms with van der Waals surface area (Å²) in [6.45, 7) is 10.3. The Balaban J connectivity index is 1.97. The van der Waals surface area contributed by atoms with Gasteiger partial charge in [0, 0.05) is 6.54 Å². The number of nitrogen functional groups attached to an aromatic ring is 1. The zero-order chi connectivity index (χ0) is 20.1. The third-order valence-electron chi connectivity index (χ3n) is 5.07. The minimum Gasteiger partial charge on any atom is -0.462 e. The summed E-state index contributed by atoms with van der Waals surface area (Å²) >= 11 is 0. The lowest BCUT2D eigenvalue weighted by Gasteiger charge is -2.17. The maximum Gasteiger partial charge on any atom is 0.344 e. The van der Waals surface area contributed by atoms with Crippen LogP contribution in [-0.2, 0) is 11.3 Å². The number of rotatable bonds is 9. The Morgan fingerprint density at radius 3 is 2.43 bits per heavy atom. The van der Waals surface area contributed by atoms with E-state index in [1.807, 2.05) is 28.8 Å². The van der Waals surface area contributed by atoms with Crippen molar-refractivity contribution in [2.75, 3.05) is 32.0 Å². The van der Waals surface area contributed by atoms with Gasteiger partial charge in [-0.15, -0.1) is 0 Å². The third-order valence-corrected chi connectivity index (χ3v) is 5.07. The second-order valence-corrected chi connectivity index (χ2v) is 6.75. The number of aryl methyl sites for hydroxylation is 1. The molecule has 0 spiro atoms. The summed E-state index contributed by atoms with van der Waals surface area (Å²) in [4.78, 5) is 24.4. The predicted molar refractivity (Wildman–Crippen MR) is 112 cm³/mol. The molecule has 0 aliphatic heterocycles. The second-order valence-electron chi connectivity index (χ2n) is 6.75. The molecule has 2 N–H and O–H groups in total. The van der Waals surface area contributed by atoms with Crippen molar-refractivity contribution in [2.45, 2.75) is 40.2 Å². The van der Waals surface area contributed by atoms with Gasteiger partial charge >= 0.3 is 5.97 Å². The average molecular weight is 383 g/mol. The van der Waals surface area contributed by atoms with Gasteiger partial charge < -0.3 is 19.9 Å². The topological polar surface area (TPSA) is 86.3 Å². The number of fused-ring (bicyclic) bond motifs is 2. The van der Waals surface area contributed by atoms with Crippen LogP contribution in [-0.4, -0.2) is 51.6 Å². The van der Waals surface area contributed by atoms with Crippen LogP contribution in [0, 0.1) is 0 Å². The molecule has 2 aromatic heterocycles. The third kappa shape index (κ3) is 3.94. The molecule has 0 aliphatic rings. The number of carbonyl (C=O) groups is 1. The molecule has 0 unspecified atom stereocenters. The Morgan fingerprint density at radius 2 is 1.79 bits per heavy atom. The number of carbonyl (C=O) groups excluding carboxylic acids is 1. The van der Waals surface area contributed by atoms with Gasteiger partial charge in [0.15, 0.2) is 5.65 Å². The summed E-state index contributed by atoms with van der Waals surface area (Å²) in [5.41, 5.74) is 9.37. The Labute approximate surface area is 165 Å². The van der Waals surface area contributed by atoms with Gasteiger partial charge in [0.1, 0.15) is 16.9 Å². The van der Waals surface area contributed by atoms with Gasteiger partial charge in [-0.3, -0.25) is 0 Å². The van der Waals surface area contributed by atoms with Crippen molar-refractivity contribution in [1.82, 2.24) is 19.4 Å². The quantitative estimate of drug-likeness (QED) is 0.450. The van der Waals surface area contributed by atoms with Crippen LogP contribution in [0.1, 0.15) is 44.0 Å². The van der Waals surface area contributed by atoms with Crippen molar-refractivity contribution in [1.29, 1.82) is 0 Å². The van der Waals surface area contributed by atoms with Crippen molar-refractivity contribution < 1.29 is 9.53 Å². The molecule has 0 amide bonds. The number of benzene rings is 1. The fourth-order valence-electron chi connectivity index (χ4n) is 3.49. The number of ether oxygens (including phenoxy) is 1. The molecular formula is C21H29N5O2. The van der Waals surface area contributed by atoms with Crippen LogP contribution < -0.4 is 5.73 Å². The molecule has 1 aromatic carbocycles. The number of esters is 1. The SMILES string of the molecule is CCOC(=O)c1c(N)n(CCCCN(CC)CC)c2nc3ccccc3nc12. The van der Waals surface area contributed by atoms with Crippen molar-refractivity contribution in [3.05, 3.63) is 29.8 Å². The maximum absolute atomic E-state index is 12.5. The smallest absolute Gasteiger partial charge is 0.344 e. The van der Waals surface area contributed by atoms with Gasteiger partial charge in [0.25, 0.3) is 0 Å². The van der Waals surface area contributed by atoms with E-state index in [-0.39, 0.29) is 6.61 Å². The van der Waals surface area contributed by atoms with Gasteiger partial charge in [-0.25, -0.2) is 14.8 Å². The number of unbranched alkanes of at least 4 members (excludes halogenated alkanes) is 1. The lowest BCUT2D eigenvalue weighted by atomic mass is 10.2. The van der Waals surface area contributed by atoms with Gasteiger partial charge in [-0.1, -0.05) is 26.0 Å². The van der Waals surface area contributed by atoms with E-state index in [4.69, 9.17) is 15.5 Å². The summed E-state index contributed by atoms with van der Waals surface area (Å²) < 4.78 is 7.13. The molecule has 28 heavy (non-hydrogen) atoms. The highest BCUT2D eigenvalue weighted by atomic mass is 16.5. The van der Waals surface area contributed by atoms with E-state index in [9.17, 15) is 4.79 Å². The number of nitrogens with two attached hydrogens (primary N) is 1. The number of para-hydroxylation sites is 2. The monoisotopic (exact) mass is 383 g/mol. The Kier molecular flexibility index (Phi) is 6.46. The number of hydrogen-bond acceptors (Lipinski definition) is 6. The molecule has 150 valence electrons. The van der Waals surface area contributed by atoms with E-state index < -0.39 is 5.97 Å². The highest BCUT2D eigenvalue weighted by Crippen LogP contribution is 2.29. The van der Waals surface area contributed by atoms with Crippen LogP contribution in [0.4, 0.5) is 5.82 Å². The van der Waals surface area contributed by atoms with Gasteiger partial charge in [-0.2, -0.15) is 0 Å². The van der Waals surface area contributed by atoms with Crippen LogP contribution in [0.25, 0.3) is 22.2 Å². The zero-order valence-corrected chi connectivity index (χ0v) is 16.9. The Hall–Kier alpha value is -2.67. The molecule has 0 saturated heterocycles. The van der Waals surface area contributed by atoms with Gasteiger partial charge in [0.2, 0.25) is 0 Å². The summed E-state index contributed by atoms with van der Waals surface area (Å²) in [6.07, 6.45) is 2.00. The molecule has 0 aliphatic carbocycles. The highest BCUT2D eigenvalue weighted by molar-refractivity contribution is 6.08. The molecule has 0 saturated carbocycles. The molecule has 3 rings (SSSR count). The molecule has 2 heterocycles. The number of nitrogens with zero attached hydrogens (tertiary/aromatic N) is 4. The van der Waals surface area contributed by atoms with Crippen LogP contribution in [0.3, 0.4) is 0 Å². The molecule has 7 heteroatoms. The number of anilines is 1. The molecule has 0 fully saturated rings. The minimum absolute atomic E-state index is 0.288. The van der Waals surface area contributed by atoms with Crippen molar-refractivity contribution in [2.24, 2.45) is 0 Å². The average Bonchev–Trinajstić information content (AvgIpc) is 2.97. The fourth-order valence-corrected chi connectivity index (χ4v) is 3.49. The molecular weight excluding hydrogens is 354 g/mol. The standard InChI is InChI=1S/C21H29N5O2/c1-4-25(5-2)13-9-10-14-26-19(22)17(21(27)28-6-3)18-20(26)24-16-12-8-7-11-15(16)23-18/h7-8,11-12H,4-6,9-10,13-14,22H2,1-3H3. The summed E-state index contributed by atoms with van der Waals surface area (Å²) in [6, 6.07) is 7.63. The number of hydrogen-bond donors (Lipinski definition) is 1. The minimum atomic E-state index is -0.448. The van der Waals surface area contributed by atoms with E-state index >= 15 is 0 Å². The lowest BCUT2D eigenvalue weighted by Crippen LogP contribution is -2.24. The van der Waals surface area contributed by atoms with Crippen molar-refractivity contribution in [3.8, 4) is 0 Å². The summed E-state index contributed by atoms with van der Waals surface area (Å²) in [7, 11) is 0. The number of aromatic nitrogens is 3. The Morgan fingerprint density at radius 1 is 1.11 bits per heavy atom. The van der Waals surface area contributed by atoms with E-state index in [0.29, 0.717) is 29.1 Å². The van der Waals surface area contributed by atoms with Crippen molar-refractivity contribution in [3.63, 3.8) is 0 Å². The molecule has 7 nitrogen and oxygen atoms in total. The first-order valence-corrected chi connectivity index (χ1v) is 10.0.